The Morgan fingerprint density at radius 1 is 1.63 bits per heavy atom. The van der Waals surface area contributed by atoms with Gasteiger partial charge < -0.3 is 15.1 Å². The highest BCUT2D eigenvalue weighted by atomic mass is 16.3. The highest BCUT2D eigenvalue weighted by Crippen LogP contribution is 2.23. The van der Waals surface area contributed by atoms with Gasteiger partial charge in [-0.1, -0.05) is 6.92 Å². The van der Waals surface area contributed by atoms with Gasteiger partial charge in [-0.15, -0.1) is 0 Å². The summed E-state index contributed by atoms with van der Waals surface area (Å²) in [6.45, 7) is 5.08. The molecule has 19 heavy (non-hydrogen) atoms. The van der Waals surface area contributed by atoms with Crippen LogP contribution in [-0.2, 0) is 11.2 Å². The Labute approximate surface area is 114 Å². The van der Waals surface area contributed by atoms with E-state index < -0.39 is 0 Å². The van der Waals surface area contributed by atoms with Gasteiger partial charge in [0, 0.05) is 12.5 Å². The van der Waals surface area contributed by atoms with Gasteiger partial charge in [-0.3, -0.25) is 4.79 Å². The van der Waals surface area contributed by atoms with Crippen LogP contribution in [0.25, 0.3) is 0 Å². The molecule has 0 bridgehead atoms. The molecule has 0 saturated carbocycles. The van der Waals surface area contributed by atoms with E-state index >= 15 is 0 Å². The number of rotatable bonds is 6. The minimum atomic E-state index is -0.334. The molecule has 2 rings (SSSR count). The molecule has 1 aromatic heterocycles. The van der Waals surface area contributed by atoms with Crippen molar-refractivity contribution in [2.75, 3.05) is 6.54 Å². The minimum absolute atomic E-state index is 0.152. The molecule has 1 saturated heterocycles. The molecule has 106 valence electrons. The SMILES string of the molecule is CCC1(C(=O)NC(C)CCc2ccco2)CCCN1. The Morgan fingerprint density at radius 2 is 2.47 bits per heavy atom. The molecule has 1 aliphatic rings. The zero-order valence-corrected chi connectivity index (χ0v) is 11.9. The quantitative estimate of drug-likeness (QED) is 0.828. The summed E-state index contributed by atoms with van der Waals surface area (Å²) in [5.41, 5.74) is -0.334. The molecule has 1 amide bonds. The summed E-state index contributed by atoms with van der Waals surface area (Å²) < 4.78 is 5.30. The summed E-state index contributed by atoms with van der Waals surface area (Å²) in [4.78, 5) is 12.4. The second-order valence-electron chi connectivity index (χ2n) is 5.46. The number of hydrogen-bond acceptors (Lipinski definition) is 3. The summed E-state index contributed by atoms with van der Waals surface area (Å²) in [5.74, 6) is 1.13. The Morgan fingerprint density at radius 3 is 3.05 bits per heavy atom. The van der Waals surface area contributed by atoms with Gasteiger partial charge in [-0.05, 0) is 51.3 Å². The van der Waals surface area contributed by atoms with Crippen molar-refractivity contribution in [1.82, 2.24) is 10.6 Å². The molecule has 0 spiro atoms. The van der Waals surface area contributed by atoms with E-state index in [-0.39, 0.29) is 17.5 Å². The molecule has 0 aromatic carbocycles. The molecule has 1 fully saturated rings. The first-order valence-electron chi connectivity index (χ1n) is 7.24. The molecular weight excluding hydrogens is 240 g/mol. The lowest BCUT2D eigenvalue weighted by Gasteiger charge is -2.28. The van der Waals surface area contributed by atoms with Crippen LogP contribution in [0.3, 0.4) is 0 Å². The fourth-order valence-electron chi connectivity index (χ4n) is 2.71. The maximum absolute atomic E-state index is 12.4. The Hall–Kier alpha value is -1.29. The van der Waals surface area contributed by atoms with Crippen LogP contribution in [0, 0.1) is 0 Å². The van der Waals surface area contributed by atoms with E-state index in [4.69, 9.17) is 4.42 Å². The van der Waals surface area contributed by atoms with Crippen molar-refractivity contribution in [2.24, 2.45) is 0 Å². The maximum atomic E-state index is 12.4. The first-order valence-corrected chi connectivity index (χ1v) is 7.24. The van der Waals surface area contributed by atoms with Gasteiger partial charge in [0.1, 0.15) is 5.76 Å². The van der Waals surface area contributed by atoms with Crippen molar-refractivity contribution in [1.29, 1.82) is 0 Å². The Balaban J connectivity index is 1.81. The van der Waals surface area contributed by atoms with Crippen molar-refractivity contribution in [3.05, 3.63) is 24.2 Å². The minimum Gasteiger partial charge on any atom is -0.469 e. The highest BCUT2D eigenvalue weighted by molar-refractivity contribution is 5.86. The second-order valence-corrected chi connectivity index (χ2v) is 5.46. The molecule has 1 aliphatic heterocycles. The van der Waals surface area contributed by atoms with Gasteiger partial charge >= 0.3 is 0 Å². The zero-order chi connectivity index (χ0) is 13.7. The lowest BCUT2D eigenvalue weighted by atomic mass is 9.92. The number of nitrogens with one attached hydrogen (secondary N) is 2. The predicted molar refractivity (Wildman–Crippen MR) is 74.9 cm³/mol. The molecular formula is C15H24N2O2. The van der Waals surface area contributed by atoms with Crippen LogP contribution in [0.2, 0.25) is 0 Å². The lowest BCUT2D eigenvalue weighted by molar-refractivity contribution is -0.127. The van der Waals surface area contributed by atoms with Crippen molar-refractivity contribution < 1.29 is 9.21 Å². The number of amides is 1. The van der Waals surface area contributed by atoms with E-state index in [9.17, 15) is 4.79 Å². The molecule has 0 radical (unpaired) electrons. The molecule has 2 atom stereocenters. The average Bonchev–Trinajstić information content (AvgIpc) is 3.08. The first kappa shape index (κ1) is 14.1. The van der Waals surface area contributed by atoms with Gasteiger partial charge in [-0.2, -0.15) is 0 Å². The molecule has 2 heterocycles. The van der Waals surface area contributed by atoms with E-state index in [1.165, 1.54) is 0 Å². The number of carbonyl (C=O) groups is 1. The van der Waals surface area contributed by atoms with Gasteiger partial charge in [-0.25, -0.2) is 0 Å². The van der Waals surface area contributed by atoms with E-state index in [2.05, 4.69) is 24.5 Å². The molecule has 2 unspecified atom stereocenters. The van der Waals surface area contributed by atoms with Crippen LogP contribution in [0.15, 0.2) is 22.8 Å². The summed E-state index contributed by atoms with van der Waals surface area (Å²) >= 11 is 0. The van der Waals surface area contributed by atoms with Crippen LogP contribution in [0.4, 0.5) is 0 Å². The van der Waals surface area contributed by atoms with Crippen molar-refractivity contribution >= 4 is 5.91 Å². The summed E-state index contributed by atoms with van der Waals surface area (Å²) in [5, 5.41) is 6.50. The predicted octanol–water partition coefficient (Wildman–Crippen LogP) is 2.25. The second kappa shape index (κ2) is 6.24. The number of hydrogen-bond donors (Lipinski definition) is 2. The molecule has 4 nitrogen and oxygen atoms in total. The third kappa shape index (κ3) is 3.38. The van der Waals surface area contributed by atoms with Crippen molar-refractivity contribution in [3.63, 3.8) is 0 Å². The third-order valence-electron chi connectivity index (χ3n) is 4.06. The van der Waals surface area contributed by atoms with Crippen LogP contribution in [-0.4, -0.2) is 24.0 Å². The maximum Gasteiger partial charge on any atom is 0.240 e. The molecule has 4 heteroatoms. The normalized spacial score (nSPS) is 24.3. The van der Waals surface area contributed by atoms with E-state index in [1.54, 1.807) is 6.26 Å². The molecule has 2 N–H and O–H groups in total. The third-order valence-corrected chi connectivity index (χ3v) is 4.06. The largest absolute Gasteiger partial charge is 0.469 e. The van der Waals surface area contributed by atoms with Gasteiger partial charge in [0.2, 0.25) is 5.91 Å². The number of aryl methyl sites for hydroxylation is 1. The van der Waals surface area contributed by atoms with Crippen molar-refractivity contribution in [3.8, 4) is 0 Å². The summed E-state index contributed by atoms with van der Waals surface area (Å²) in [6.07, 6.45) is 6.33. The van der Waals surface area contributed by atoms with Crippen LogP contribution < -0.4 is 10.6 Å². The summed E-state index contributed by atoms with van der Waals surface area (Å²) in [7, 11) is 0. The fraction of sp³-hybridized carbons (Fsp3) is 0.667. The topological polar surface area (TPSA) is 54.3 Å². The van der Waals surface area contributed by atoms with Gasteiger partial charge in [0.25, 0.3) is 0 Å². The average molecular weight is 264 g/mol. The highest BCUT2D eigenvalue weighted by Gasteiger charge is 2.39. The Kier molecular flexibility index (Phi) is 4.64. The smallest absolute Gasteiger partial charge is 0.240 e. The van der Waals surface area contributed by atoms with E-state index in [0.29, 0.717) is 0 Å². The zero-order valence-electron chi connectivity index (χ0n) is 11.9. The van der Waals surface area contributed by atoms with Crippen LogP contribution >= 0.6 is 0 Å². The van der Waals surface area contributed by atoms with Gasteiger partial charge in [0.05, 0.1) is 11.8 Å². The van der Waals surface area contributed by atoms with E-state index in [0.717, 1.165) is 44.4 Å². The molecule has 0 aliphatic carbocycles. The fourth-order valence-corrected chi connectivity index (χ4v) is 2.71. The first-order chi connectivity index (χ1) is 9.16. The number of carbonyl (C=O) groups excluding carboxylic acids is 1. The molecule has 1 aromatic rings. The lowest BCUT2D eigenvalue weighted by Crippen LogP contribution is -2.55. The van der Waals surface area contributed by atoms with Gasteiger partial charge in [0.15, 0.2) is 0 Å². The monoisotopic (exact) mass is 264 g/mol. The van der Waals surface area contributed by atoms with Crippen LogP contribution in [0.1, 0.15) is 45.3 Å². The van der Waals surface area contributed by atoms with E-state index in [1.807, 2.05) is 12.1 Å². The standard InChI is InChI=1S/C15H24N2O2/c1-3-15(9-5-10-16-15)14(18)17-12(2)7-8-13-6-4-11-19-13/h4,6,11-12,16H,3,5,7-10H2,1-2H3,(H,17,18). The van der Waals surface area contributed by atoms with Crippen LogP contribution in [0.5, 0.6) is 0 Å². The Bertz CT molecular complexity index is 394. The number of furan rings is 1. The summed E-state index contributed by atoms with van der Waals surface area (Å²) in [6, 6.07) is 4.04. The van der Waals surface area contributed by atoms with Crippen molar-refractivity contribution in [2.45, 2.75) is 57.5 Å².